The molecule has 0 fully saturated rings. The van der Waals surface area contributed by atoms with Gasteiger partial charge in [0.1, 0.15) is 5.75 Å². The summed E-state index contributed by atoms with van der Waals surface area (Å²) in [5.41, 5.74) is 1.24. The Labute approximate surface area is 94.3 Å². The zero-order valence-electron chi connectivity index (χ0n) is 9.24. The summed E-state index contributed by atoms with van der Waals surface area (Å²) >= 11 is 0. The molecule has 1 aromatic rings. The Morgan fingerprint density at radius 2 is 1.93 bits per heavy atom. The summed E-state index contributed by atoms with van der Waals surface area (Å²) in [5, 5.41) is 0. The van der Waals surface area contributed by atoms with Crippen molar-refractivity contribution >= 4 is 9.47 Å². The highest BCUT2D eigenvalue weighted by atomic mass is 31.0. The van der Waals surface area contributed by atoms with E-state index in [9.17, 15) is 0 Å². The molecule has 3 heteroatoms. The molecule has 0 amide bonds. The highest BCUT2D eigenvalue weighted by Crippen LogP contribution is 2.12. The van der Waals surface area contributed by atoms with Gasteiger partial charge in [0.05, 0.1) is 13.2 Å². The number of rotatable bonds is 7. The van der Waals surface area contributed by atoms with Gasteiger partial charge in [-0.15, -0.1) is 0 Å². The molecule has 84 valence electrons. The van der Waals surface area contributed by atoms with Gasteiger partial charge in [-0.25, -0.2) is 0 Å². The third-order valence-electron chi connectivity index (χ3n) is 2.16. The van der Waals surface area contributed by atoms with Crippen LogP contribution in [0.4, 0.5) is 0 Å². The molecule has 0 N–H and O–H groups in total. The monoisotopic (exact) mass is 226 g/mol. The van der Waals surface area contributed by atoms with Gasteiger partial charge in [0.2, 0.25) is 0 Å². The second kappa shape index (κ2) is 7.67. The van der Waals surface area contributed by atoms with Crippen molar-refractivity contribution in [2.75, 3.05) is 13.2 Å². The van der Waals surface area contributed by atoms with E-state index in [0.29, 0.717) is 0 Å². The molecule has 0 heterocycles. The molecule has 0 aliphatic carbocycles. The largest absolute Gasteiger partial charge is 0.494 e. The van der Waals surface area contributed by atoms with Gasteiger partial charge in [-0.05, 0) is 43.9 Å². The maximum Gasteiger partial charge on any atom is 0.119 e. The normalized spacial score (nSPS) is 10.3. The van der Waals surface area contributed by atoms with Crippen LogP contribution < -0.4 is 4.74 Å². The van der Waals surface area contributed by atoms with Crippen LogP contribution >= 0.6 is 9.47 Å². The quantitative estimate of drug-likeness (QED) is 0.524. The van der Waals surface area contributed by atoms with E-state index in [4.69, 9.17) is 9.26 Å². The molecular formula is C12H19O2P. The summed E-state index contributed by atoms with van der Waals surface area (Å²) in [6.07, 6.45) is 3.34. The molecule has 0 bridgehead atoms. The lowest BCUT2D eigenvalue weighted by molar-refractivity contribution is 0.293. The number of aryl methyl sites for hydroxylation is 1. The smallest absolute Gasteiger partial charge is 0.119 e. The Kier molecular flexibility index (Phi) is 6.38. The van der Waals surface area contributed by atoms with Crippen molar-refractivity contribution < 1.29 is 9.26 Å². The summed E-state index contributed by atoms with van der Waals surface area (Å²) in [6.45, 7) is 3.68. The van der Waals surface area contributed by atoms with Gasteiger partial charge in [0, 0.05) is 9.47 Å². The molecule has 0 spiro atoms. The van der Waals surface area contributed by atoms with Crippen LogP contribution in [0.5, 0.6) is 5.75 Å². The van der Waals surface area contributed by atoms with Gasteiger partial charge in [-0.2, -0.15) is 0 Å². The molecule has 1 unspecified atom stereocenters. The lowest BCUT2D eigenvalue weighted by atomic mass is 10.2. The Balaban J connectivity index is 2.10. The molecular weight excluding hydrogens is 207 g/mol. The predicted molar refractivity (Wildman–Crippen MR) is 66.2 cm³/mol. The van der Waals surface area contributed by atoms with E-state index < -0.39 is 0 Å². The van der Waals surface area contributed by atoms with Crippen molar-refractivity contribution in [3.63, 3.8) is 0 Å². The summed E-state index contributed by atoms with van der Waals surface area (Å²) in [4.78, 5) is 0. The number of hydrogen-bond donors (Lipinski definition) is 0. The van der Waals surface area contributed by atoms with Crippen LogP contribution in [0.25, 0.3) is 0 Å². The van der Waals surface area contributed by atoms with Gasteiger partial charge < -0.3 is 9.26 Å². The van der Waals surface area contributed by atoms with Crippen molar-refractivity contribution in [3.05, 3.63) is 29.8 Å². The molecule has 1 rings (SSSR count). The zero-order chi connectivity index (χ0) is 10.9. The third-order valence-corrected chi connectivity index (χ3v) is 2.40. The van der Waals surface area contributed by atoms with E-state index in [1.807, 2.05) is 12.1 Å². The van der Waals surface area contributed by atoms with E-state index >= 15 is 0 Å². The summed E-state index contributed by atoms with van der Waals surface area (Å²) in [6, 6.07) is 8.15. The van der Waals surface area contributed by atoms with Crippen LogP contribution in [0.1, 0.15) is 24.8 Å². The van der Waals surface area contributed by atoms with E-state index in [2.05, 4.69) is 28.5 Å². The highest BCUT2D eigenvalue weighted by molar-refractivity contribution is 7.09. The average Bonchev–Trinajstić information content (AvgIpc) is 2.23. The molecule has 2 nitrogen and oxygen atoms in total. The predicted octanol–water partition coefficient (Wildman–Crippen LogP) is 3.35. The topological polar surface area (TPSA) is 18.5 Å². The molecule has 0 aromatic heterocycles. The first-order chi connectivity index (χ1) is 7.33. The number of unbranched alkanes of at least 4 members (excludes halogenated alkanes) is 2. The van der Waals surface area contributed by atoms with Crippen LogP contribution in [0.2, 0.25) is 0 Å². The average molecular weight is 226 g/mol. The standard InChI is InChI=1S/C12H19O2P/c1-11-6-5-7-12(10-11)13-8-3-2-4-9-14-15/h5-7,10H,2-4,8-9,15H2,1H3. The minimum atomic E-state index is 0.792. The van der Waals surface area contributed by atoms with Crippen LogP contribution in [0, 0.1) is 6.92 Å². The Hall–Kier alpha value is -0.590. The van der Waals surface area contributed by atoms with Gasteiger partial charge in [-0.3, -0.25) is 0 Å². The van der Waals surface area contributed by atoms with Gasteiger partial charge in [-0.1, -0.05) is 12.1 Å². The zero-order valence-corrected chi connectivity index (χ0v) is 10.4. The molecule has 15 heavy (non-hydrogen) atoms. The fraction of sp³-hybridized carbons (Fsp3) is 0.500. The van der Waals surface area contributed by atoms with Crippen LogP contribution in [0.15, 0.2) is 24.3 Å². The second-order valence-electron chi connectivity index (χ2n) is 3.60. The molecule has 1 atom stereocenters. The number of benzene rings is 1. The van der Waals surface area contributed by atoms with Crippen molar-refractivity contribution in [1.82, 2.24) is 0 Å². The van der Waals surface area contributed by atoms with Crippen molar-refractivity contribution in [3.8, 4) is 5.75 Å². The van der Waals surface area contributed by atoms with Gasteiger partial charge >= 0.3 is 0 Å². The minimum Gasteiger partial charge on any atom is -0.494 e. The maximum atomic E-state index is 5.62. The van der Waals surface area contributed by atoms with E-state index in [1.165, 1.54) is 5.56 Å². The van der Waals surface area contributed by atoms with Crippen molar-refractivity contribution in [1.29, 1.82) is 0 Å². The van der Waals surface area contributed by atoms with Gasteiger partial charge in [0.25, 0.3) is 0 Å². The third kappa shape index (κ3) is 5.76. The SMILES string of the molecule is Cc1cccc(OCCCCCOP)c1. The van der Waals surface area contributed by atoms with Gasteiger partial charge in [0.15, 0.2) is 0 Å². The highest BCUT2D eigenvalue weighted by Gasteiger charge is 1.94. The summed E-state index contributed by atoms with van der Waals surface area (Å²) < 4.78 is 10.5. The van der Waals surface area contributed by atoms with Crippen LogP contribution in [0.3, 0.4) is 0 Å². The number of hydrogen-bond acceptors (Lipinski definition) is 2. The molecule has 0 saturated carbocycles. The van der Waals surface area contributed by atoms with Crippen molar-refractivity contribution in [2.45, 2.75) is 26.2 Å². The lowest BCUT2D eigenvalue weighted by Gasteiger charge is -2.06. The first-order valence-electron chi connectivity index (χ1n) is 5.34. The Bertz CT molecular complexity index is 276. The minimum absolute atomic E-state index is 0.792. The van der Waals surface area contributed by atoms with Crippen LogP contribution in [-0.2, 0) is 4.52 Å². The Morgan fingerprint density at radius 1 is 1.13 bits per heavy atom. The van der Waals surface area contributed by atoms with E-state index in [0.717, 1.165) is 38.2 Å². The molecule has 1 aromatic carbocycles. The first kappa shape index (κ1) is 12.5. The molecule has 0 aliphatic rings. The summed E-state index contributed by atoms with van der Waals surface area (Å²) in [5.74, 6) is 0.970. The second-order valence-corrected chi connectivity index (χ2v) is 3.93. The first-order valence-corrected chi connectivity index (χ1v) is 5.81. The number of ether oxygens (including phenoxy) is 1. The van der Waals surface area contributed by atoms with Crippen LogP contribution in [-0.4, -0.2) is 13.2 Å². The van der Waals surface area contributed by atoms with E-state index in [-0.39, 0.29) is 0 Å². The lowest BCUT2D eigenvalue weighted by Crippen LogP contribution is -1.98. The molecule has 0 aliphatic heterocycles. The fourth-order valence-electron chi connectivity index (χ4n) is 1.36. The van der Waals surface area contributed by atoms with Crippen molar-refractivity contribution in [2.24, 2.45) is 0 Å². The summed E-state index contributed by atoms with van der Waals surface area (Å²) in [7, 11) is 2.27. The molecule has 0 saturated heterocycles. The van der Waals surface area contributed by atoms with E-state index in [1.54, 1.807) is 0 Å². The Morgan fingerprint density at radius 3 is 2.67 bits per heavy atom. The fourth-order valence-corrected chi connectivity index (χ4v) is 1.53. The maximum absolute atomic E-state index is 5.62. The molecule has 0 radical (unpaired) electrons.